The summed E-state index contributed by atoms with van der Waals surface area (Å²) in [6, 6.07) is 6.02. The van der Waals surface area contributed by atoms with E-state index in [1.807, 2.05) is 23.9 Å². The number of para-hydroxylation sites is 1. The lowest BCUT2D eigenvalue weighted by Crippen LogP contribution is -2.06. The molecule has 3 heteroatoms. The van der Waals surface area contributed by atoms with Gasteiger partial charge < -0.3 is 4.74 Å². The molecule has 0 fully saturated rings. The zero-order valence-corrected chi connectivity index (χ0v) is 7.62. The first kappa shape index (κ1) is 7.37. The van der Waals surface area contributed by atoms with Gasteiger partial charge in [-0.15, -0.1) is 24.4 Å². The van der Waals surface area contributed by atoms with Crippen LogP contribution in [0.4, 0.5) is 0 Å². The molecule has 0 amide bonds. The Morgan fingerprint density at radius 1 is 1.45 bits per heavy atom. The van der Waals surface area contributed by atoms with Crippen LogP contribution in [0, 0.1) is 0 Å². The predicted octanol–water partition coefficient (Wildman–Crippen LogP) is 2.46. The molecule has 58 valence electrons. The smallest absolute Gasteiger partial charge is 0.146 e. The van der Waals surface area contributed by atoms with E-state index in [2.05, 4.69) is 18.7 Å². The number of rotatable bonds is 0. The van der Waals surface area contributed by atoms with Crippen molar-refractivity contribution in [1.82, 2.24) is 0 Å². The topological polar surface area (TPSA) is 9.23 Å². The van der Waals surface area contributed by atoms with E-state index >= 15 is 0 Å². The molecule has 0 bridgehead atoms. The first-order valence-corrected chi connectivity index (χ1v) is 4.89. The van der Waals surface area contributed by atoms with Gasteiger partial charge in [0.25, 0.3) is 0 Å². The highest BCUT2D eigenvalue weighted by Crippen LogP contribution is 2.37. The van der Waals surface area contributed by atoms with Gasteiger partial charge in [0.15, 0.2) is 0 Å². The van der Waals surface area contributed by atoms with Crippen molar-refractivity contribution in [3.63, 3.8) is 0 Å². The average molecular weight is 184 g/mol. The summed E-state index contributed by atoms with van der Waals surface area (Å²) < 4.78 is 5.46. The summed E-state index contributed by atoms with van der Waals surface area (Å²) in [4.78, 5) is 2.15. The molecule has 0 radical (unpaired) electrons. The summed E-state index contributed by atoms with van der Waals surface area (Å²) in [6.07, 6.45) is 0. The Morgan fingerprint density at radius 3 is 3.18 bits per heavy atom. The van der Waals surface area contributed by atoms with Gasteiger partial charge in [0.2, 0.25) is 0 Å². The number of thiol groups is 1. The lowest BCUT2D eigenvalue weighted by atomic mass is 10.3. The lowest BCUT2D eigenvalue weighted by molar-refractivity contribution is 0.321. The third-order valence-electron chi connectivity index (χ3n) is 1.55. The number of ether oxygens (including phenoxy) is 1. The molecule has 0 saturated heterocycles. The summed E-state index contributed by atoms with van der Waals surface area (Å²) in [7, 11) is 0. The minimum absolute atomic E-state index is 0.801. The molecule has 1 heterocycles. The molecule has 0 unspecified atom stereocenters. The molecular weight excluding hydrogens is 176 g/mol. The van der Waals surface area contributed by atoms with Crippen LogP contribution in [0.3, 0.4) is 0 Å². The maximum absolute atomic E-state index is 5.46. The lowest BCUT2D eigenvalue weighted by Gasteiger charge is -2.17. The molecule has 0 aromatic heterocycles. The largest absolute Gasteiger partial charge is 0.490 e. The molecule has 0 spiro atoms. The molecule has 0 saturated carbocycles. The van der Waals surface area contributed by atoms with Crippen molar-refractivity contribution >= 4 is 24.4 Å². The Morgan fingerprint density at radius 2 is 2.36 bits per heavy atom. The van der Waals surface area contributed by atoms with E-state index in [-0.39, 0.29) is 0 Å². The predicted molar refractivity (Wildman–Crippen MR) is 49.9 cm³/mol. The van der Waals surface area contributed by atoms with Crippen molar-refractivity contribution < 1.29 is 4.74 Å². The normalized spacial score (nSPS) is 15.4. The quantitative estimate of drug-likeness (QED) is 0.620. The van der Waals surface area contributed by atoms with Crippen LogP contribution in [0.15, 0.2) is 28.0 Å². The number of thioether (sulfide) groups is 1. The second kappa shape index (κ2) is 2.99. The minimum atomic E-state index is 0.801. The Bertz CT molecular complexity index is 273. The van der Waals surface area contributed by atoms with Crippen LogP contribution in [0.2, 0.25) is 0 Å². The highest BCUT2D eigenvalue weighted by molar-refractivity contribution is 7.99. The molecule has 2 rings (SSSR count). The number of benzene rings is 1. The zero-order chi connectivity index (χ0) is 7.68. The van der Waals surface area contributed by atoms with Crippen LogP contribution >= 0.6 is 24.4 Å². The van der Waals surface area contributed by atoms with Gasteiger partial charge in [0.1, 0.15) is 5.75 Å². The van der Waals surface area contributed by atoms with Gasteiger partial charge in [-0.1, -0.05) is 6.07 Å². The summed E-state index contributed by atoms with van der Waals surface area (Å²) in [6.45, 7) is 0.801. The van der Waals surface area contributed by atoms with Crippen molar-refractivity contribution in [2.24, 2.45) is 0 Å². The van der Waals surface area contributed by atoms with Crippen LogP contribution in [-0.2, 0) is 0 Å². The van der Waals surface area contributed by atoms with Crippen LogP contribution < -0.4 is 4.74 Å². The number of hydrogen-bond acceptors (Lipinski definition) is 3. The first-order chi connectivity index (χ1) is 5.38. The molecule has 1 aliphatic rings. The molecule has 1 aromatic rings. The monoisotopic (exact) mass is 184 g/mol. The van der Waals surface area contributed by atoms with E-state index < -0.39 is 0 Å². The Hall–Kier alpha value is -0.280. The third kappa shape index (κ3) is 1.35. The van der Waals surface area contributed by atoms with E-state index in [1.165, 1.54) is 4.90 Å². The van der Waals surface area contributed by atoms with Gasteiger partial charge >= 0.3 is 0 Å². The number of fused-ring (bicyclic) bond motifs is 1. The van der Waals surface area contributed by atoms with Gasteiger partial charge in [-0.2, -0.15) is 0 Å². The Labute approximate surface area is 75.5 Å². The van der Waals surface area contributed by atoms with E-state index in [9.17, 15) is 0 Å². The molecule has 0 atom stereocenters. The summed E-state index contributed by atoms with van der Waals surface area (Å²) in [5.41, 5.74) is 0. The van der Waals surface area contributed by atoms with Gasteiger partial charge in [0.05, 0.1) is 11.5 Å². The first-order valence-electron chi connectivity index (χ1n) is 3.45. The highest BCUT2D eigenvalue weighted by atomic mass is 32.2. The fourth-order valence-electron chi connectivity index (χ4n) is 1.06. The molecular formula is C8H8OS2. The standard InChI is InChI=1S/C8H8OS2/c10-6-2-1-3-7-8(6)9-4-5-11-7/h1-3,10H,4-5H2. The van der Waals surface area contributed by atoms with E-state index in [1.54, 1.807) is 0 Å². The Kier molecular flexibility index (Phi) is 2.00. The maximum atomic E-state index is 5.46. The molecule has 1 aromatic carbocycles. The molecule has 1 nitrogen and oxygen atoms in total. The van der Waals surface area contributed by atoms with E-state index in [0.29, 0.717) is 0 Å². The van der Waals surface area contributed by atoms with E-state index in [0.717, 1.165) is 23.0 Å². The SMILES string of the molecule is Sc1cccc2c1OCCS2. The number of hydrogen-bond donors (Lipinski definition) is 1. The third-order valence-corrected chi connectivity index (χ3v) is 2.90. The fraction of sp³-hybridized carbons (Fsp3) is 0.250. The zero-order valence-electron chi connectivity index (χ0n) is 5.91. The average Bonchev–Trinajstić information content (AvgIpc) is 2.06. The van der Waals surface area contributed by atoms with Crippen molar-refractivity contribution in [1.29, 1.82) is 0 Å². The summed E-state index contributed by atoms with van der Waals surface area (Å²) in [5.74, 6) is 2.00. The van der Waals surface area contributed by atoms with Gasteiger partial charge in [0, 0.05) is 10.6 Å². The van der Waals surface area contributed by atoms with Crippen LogP contribution in [0.1, 0.15) is 0 Å². The minimum Gasteiger partial charge on any atom is -0.490 e. The van der Waals surface area contributed by atoms with Crippen LogP contribution in [-0.4, -0.2) is 12.4 Å². The van der Waals surface area contributed by atoms with Crippen LogP contribution in [0.25, 0.3) is 0 Å². The summed E-state index contributed by atoms with van der Waals surface area (Å²) in [5, 5.41) is 0. The molecule has 1 aliphatic heterocycles. The summed E-state index contributed by atoms with van der Waals surface area (Å²) >= 11 is 6.13. The fourth-order valence-corrected chi connectivity index (χ4v) is 2.27. The second-order valence-corrected chi connectivity index (χ2v) is 3.92. The van der Waals surface area contributed by atoms with Gasteiger partial charge in [-0.05, 0) is 12.1 Å². The van der Waals surface area contributed by atoms with Gasteiger partial charge in [-0.25, -0.2) is 0 Å². The highest BCUT2D eigenvalue weighted by Gasteiger charge is 2.11. The Balaban J connectivity index is 2.49. The molecule has 11 heavy (non-hydrogen) atoms. The van der Waals surface area contributed by atoms with Crippen LogP contribution in [0.5, 0.6) is 5.75 Å². The second-order valence-electron chi connectivity index (χ2n) is 2.30. The van der Waals surface area contributed by atoms with Gasteiger partial charge in [-0.3, -0.25) is 0 Å². The van der Waals surface area contributed by atoms with Crippen molar-refractivity contribution in [2.45, 2.75) is 9.79 Å². The molecule has 0 aliphatic carbocycles. The molecule has 0 N–H and O–H groups in total. The van der Waals surface area contributed by atoms with E-state index in [4.69, 9.17) is 4.74 Å². The van der Waals surface area contributed by atoms with Crippen molar-refractivity contribution in [3.05, 3.63) is 18.2 Å². The maximum Gasteiger partial charge on any atom is 0.146 e. The van der Waals surface area contributed by atoms with Crippen molar-refractivity contribution in [3.8, 4) is 5.75 Å². The van der Waals surface area contributed by atoms with Crippen molar-refractivity contribution in [2.75, 3.05) is 12.4 Å².